The fourth-order valence-corrected chi connectivity index (χ4v) is 5.99. The summed E-state index contributed by atoms with van der Waals surface area (Å²) in [5.74, 6) is 1.35. The molecule has 0 unspecified atom stereocenters. The normalized spacial score (nSPS) is 18.6. The molecule has 0 atom stereocenters. The van der Waals surface area contributed by atoms with E-state index in [0.29, 0.717) is 27.4 Å². The van der Waals surface area contributed by atoms with Crippen molar-refractivity contribution in [3.63, 3.8) is 0 Å². The summed E-state index contributed by atoms with van der Waals surface area (Å²) in [6.45, 7) is 4.46. The summed E-state index contributed by atoms with van der Waals surface area (Å²) in [6.07, 6.45) is 7.52. The molecule has 2 aliphatic heterocycles. The lowest BCUT2D eigenvalue weighted by Crippen LogP contribution is -2.39. The number of rotatable bonds is 5. The molecule has 5 rings (SSSR count). The molecule has 0 bridgehead atoms. The van der Waals surface area contributed by atoms with Crippen LogP contribution in [0.5, 0.6) is 0 Å². The molecule has 0 N–H and O–H groups in total. The number of thiocarbonyl (C=S) groups is 1. The number of halogens is 1. The molecule has 4 heterocycles. The average molecular weight is 559 g/mol. The molecule has 3 aromatic rings. The highest BCUT2D eigenvalue weighted by atomic mass is 79.9. The average Bonchev–Trinajstić information content (AvgIpc) is 3.51. The van der Waals surface area contributed by atoms with Crippen LogP contribution in [0.1, 0.15) is 31.1 Å². The third-order valence-corrected chi connectivity index (χ3v) is 8.24. The van der Waals surface area contributed by atoms with Crippen molar-refractivity contribution in [2.24, 2.45) is 5.92 Å². The van der Waals surface area contributed by atoms with Gasteiger partial charge in [-0.1, -0.05) is 46.8 Å². The number of amides is 2. The van der Waals surface area contributed by atoms with Gasteiger partial charge in [0.1, 0.15) is 16.6 Å². The topological polar surface area (TPSA) is 58.7 Å². The van der Waals surface area contributed by atoms with Crippen LogP contribution in [-0.2, 0) is 22.7 Å². The number of hydrogen-bond acceptors (Lipinski definition) is 5. The van der Waals surface area contributed by atoms with E-state index in [1.54, 1.807) is 17.2 Å². The highest BCUT2D eigenvalue weighted by Gasteiger charge is 2.33. The Bertz CT molecular complexity index is 1290. The molecule has 2 aliphatic rings. The standard InChI is InChI=1S/C25H24BrN3O3S2/c1-16-6-8-27(9-7-16)23(30)15-28-13-17(20-12-18(26)4-5-21(20)28)11-22-24(31)29(25(33)34-22)14-19-3-2-10-32-19/h2-5,10-13,16H,6-9,14-15H2,1H3/b22-11-. The van der Waals surface area contributed by atoms with Crippen molar-refractivity contribution >= 4 is 73.0 Å². The quantitative estimate of drug-likeness (QED) is 0.299. The molecule has 176 valence electrons. The van der Waals surface area contributed by atoms with Gasteiger partial charge in [-0.3, -0.25) is 14.5 Å². The van der Waals surface area contributed by atoms with Gasteiger partial charge >= 0.3 is 0 Å². The van der Waals surface area contributed by atoms with Crippen molar-refractivity contribution in [3.05, 3.63) is 63.5 Å². The number of carbonyl (C=O) groups excluding carboxylic acids is 2. The molecule has 2 saturated heterocycles. The fourth-order valence-electron chi connectivity index (χ4n) is 4.38. The Morgan fingerprint density at radius 1 is 1.29 bits per heavy atom. The molecule has 34 heavy (non-hydrogen) atoms. The monoisotopic (exact) mass is 557 g/mol. The van der Waals surface area contributed by atoms with E-state index in [1.807, 2.05) is 46.0 Å². The number of aromatic nitrogens is 1. The van der Waals surface area contributed by atoms with Gasteiger partial charge in [-0.2, -0.15) is 0 Å². The van der Waals surface area contributed by atoms with Crippen LogP contribution in [0, 0.1) is 5.92 Å². The lowest BCUT2D eigenvalue weighted by molar-refractivity contribution is -0.133. The number of fused-ring (bicyclic) bond motifs is 1. The van der Waals surface area contributed by atoms with Gasteiger partial charge in [0.25, 0.3) is 5.91 Å². The summed E-state index contributed by atoms with van der Waals surface area (Å²) in [6, 6.07) is 9.62. The maximum atomic E-state index is 13.1. The maximum Gasteiger partial charge on any atom is 0.266 e. The number of piperidine rings is 1. The Kier molecular flexibility index (Phi) is 6.68. The highest BCUT2D eigenvalue weighted by molar-refractivity contribution is 9.10. The molecule has 2 amide bonds. The lowest BCUT2D eigenvalue weighted by atomic mass is 9.99. The summed E-state index contributed by atoms with van der Waals surface area (Å²) < 4.78 is 8.82. The number of carbonyl (C=O) groups is 2. The Hall–Kier alpha value is -2.36. The summed E-state index contributed by atoms with van der Waals surface area (Å²) in [5, 5.41) is 0.978. The maximum absolute atomic E-state index is 13.1. The van der Waals surface area contributed by atoms with Crippen LogP contribution in [0.15, 0.2) is 56.6 Å². The van der Waals surface area contributed by atoms with Crippen LogP contribution >= 0.6 is 39.9 Å². The minimum atomic E-state index is -0.138. The van der Waals surface area contributed by atoms with Crippen LogP contribution in [0.3, 0.4) is 0 Å². The van der Waals surface area contributed by atoms with E-state index in [9.17, 15) is 9.59 Å². The van der Waals surface area contributed by atoms with Gasteiger partial charge in [0, 0.05) is 40.2 Å². The van der Waals surface area contributed by atoms with E-state index < -0.39 is 0 Å². The largest absolute Gasteiger partial charge is 0.467 e. The van der Waals surface area contributed by atoms with E-state index >= 15 is 0 Å². The van der Waals surface area contributed by atoms with E-state index in [2.05, 4.69) is 22.9 Å². The zero-order chi connectivity index (χ0) is 23.8. The van der Waals surface area contributed by atoms with Gasteiger partial charge in [-0.15, -0.1) is 0 Å². The van der Waals surface area contributed by atoms with E-state index in [0.717, 1.165) is 46.9 Å². The zero-order valence-electron chi connectivity index (χ0n) is 18.7. The number of furan rings is 1. The van der Waals surface area contributed by atoms with Gasteiger partial charge in [0.15, 0.2) is 0 Å². The van der Waals surface area contributed by atoms with Crippen molar-refractivity contribution in [2.45, 2.75) is 32.9 Å². The van der Waals surface area contributed by atoms with Gasteiger partial charge < -0.3 is 13.9 Å². The first-order chi connectivity index (χ1) is 16.4. The minimum Gasteiger partial charge on any atom is -0.467 e. The second-order valence-electron chi connectivity index (χ2n) is 8.78. The van der Waals surface area contributed by atoms with E-state index in [4.69, 9.17) is 16.6 Å². The molecular formula is C25H24BrN3O3S2. The first-order valence-corrected chi connectivity index (χ1v) is 13.2. The smallest absolute Gasteiger partial charge is 0.266 e. The summed E-state index contributed by atoms with van der Waals surface area (Å²) in [7, 11) is 0. The molecule has 0 aliphatic carbocycles. The van der Waals surface area contributed by atoms with Crippen molar-refractivity contribution in [1.82, 2.24) is 14.4 Å². The van der Waals surface area contributed by atoms with Crippen LogP contribution in [0.25, 0.3) is 17.0 Å². The van der Waals surface area contributed by atoms with Gasteiger partial charge in [0.2, 0.25) is 5.91 Å². The van der Waals surface area contributed by atoms with Crippen molar-refractivity contribution in [3.8, 4) is 0 Å². The number of nitrogens with zero attached hydrogens (tertiary/aromatic N) is 3. The molecule has 2 aromatic heterocycles. The third-order valence-electron chi connectivity index (χ3n) is 6.37. The zero-order valence-corrected chi connectivity index (χ0v) is 21.9. The number of benzene rings is 1. The molecule has 0 saturated carbocycles. The predicted octanol–water partition coefficient (Wildman–Crippen LogP) is 5.66. The van der Waals surface area contributed by atoms with Crippen molar-refractivity contribution in [2.75, 3.05) is 13.1 Å². The molecule has 2 fully saturated rings. The predicted molar refractivity (Wildman–Crippen MR) is 142 cm³/mol. The highest BCUT2D eigenvalue weighted by Crippen LogP contribution is 2.36. The molecular weight excluding hydrogens is 534 g/mol. The molecule has 6 nitrogen and oxygen atoms in total. The van der Waals surface area contributed by atoms with Crippen molar-refractivity contribution < 1.29 is 14.0 Å². The first-order valence-electron chi connectivity index (χ1n) is 11.2. The molecule has 9 heteroatoms. The van der Waals surface area contributed by atoms with E-state index in [-0.39, 0.29) is 18.4 Å². The van der Waals surface area contributed by atoms with E-state index in [1.165, 1.54) is 11.8 Å². The van der Waals surface area contributed by atoms with Crippen LogP contribution in [-0.4, -0.2) is 43.6 Å². The Morgan fingerprint density at radius 2 is 2.09 bits per heavy atom. The number of thioether (sulfide) groups is 1. The second-order valence-corrected chi connectivity index (χ2v) is 11.4. The number of likely N-dealkylation sites (tertiary alicyclic amines) is 1. The summed E-state index contributed by atoms with van der Waals surface area (Å²) >= 11 is 10.3. The Morgan fingerprint density at radius 3 is 2.82 bits per heavy atom. The molecule has 0 radical (unpaired) electrons. The van der Waals surface area contributed by atoms with Gasteiger partial charge in [0.05, 0.1) is 17.7 Å². The Labute approximate surface area is 216 Å². The van der Waals surface area contributed by atoms with Crippen LogP contribution in [0.4, 0.5) is 0 Å². The Balaban J connectivity index is 1.43. The van der Waals surface area contributed by atoms with Crippen molar-refractivity contribution in [1.29, 1.82) is 0 Å². The first kappa shape index (κ1) is 23.4. The molecule has 0 spiro atoms. The fraction of sp³-hybridized carbons (Fsp3) is 0.320. The number of hydrogen-bond donors (Lipinski definition) is 0. The summed E-state index contributed by atoms with van der Waals surface area (Å²) in [4.78, 5) is 30.2. The molecule has 1 aromatic carbocycles. The van der Waals surface area contributed by atoms with Crippen LogP contribution < -0.4 is 0 Å². The SMILES string of the molecule is CC1CCN(C(=O)Cn2cc(/C=C3\SC(=S)N(Cc4ccco4)C3=O)c3cc(Br)ccc32)CC1. The minimum absolute atomic E-state index is 0.128. The van der Waals surface area contributed by atoms with Gasteiger partial charge in [-0.25, -0.2) is 0 Å². The third kappa shape index (κ3) is 4.74. The second kappa shape index (κ2) is 9.71. The van der Waals surface area contributed by atoms with Crippen LogP contribution in [0.2, 0.25) is 0 Å². The lowest BCUT2D eigenvalue weighted by Gasteiger charge is -2.30. The summed E-state index contributed by atoms with van der Waals surface area (Å²) in [5.41, 5.74) is 1.84. The van der Waals surface area contributed by atoms with Gasteiger partial charge in [-0.05, 0) is 55.2 Å².